The van der Waals surface area contributed by atoms with Crippen LogP contribution < -0.4 is 15.6 Å². The normalized spacial score (nSPS) is 11.7. The fourth-order valence-electron chi connectivity index (χ4n) is 3.01. The van der Waals surface area contributed by atoms with Gasteiger partial charge >= 0.3 is 6.36 Å². The largest absolute Gasteiger partial charge is 0.573 e. The first-order chi connectivity index (χ1) is 15.1. The van der Waals surface area contributed by atoms with Crippen LogP contribution >= 0.6 is 0 Å². The van der Waals surface area contributed by atoms with E-state index in [0.29, 0.717) is 11.4 Å². The van der Waals surface area contributed by atoms with Gasteiger partial charge in [0.2, 0.25) is 0 Å². The lowest BCUT2D eigenvalue weighted by Gasteiger charge is -2.11. The minimum atomic E-state index is -4.94. The first-order valence-electron chi connectivity index (χ1n) is 9.24. The molecule has 1 heterocycles. The van der Waals surface area contributed by atoms with Gasteiger partial charge in [-0.05, 0) is 31.2 Å². The Balaban J connectivity index is 1.96. The molecule has 0 atom stereocenters. The molecule has 0 saturated heterocycles. The zero-order chi connectivity index (χ0) is 23.5. The first kappa shape index (κ1) is 22.4. The lowest BCUT2D eigenvalue weighted by Crippen LogP contribution is -2.23. The maximum atomic E-state index is 12.9. The van der Waals surface area contributed by atoms with Gasteiger partial charge in [0.1, 0.15) is 23.1 Å². The second-order valence-electron chi connectivity index (χ2n) is 6.65. The number of aromatic nitrogens is 2. The van der Waals surface area contributed by atoms with E-state index >= 15 is 0 Å². The molecule has 0 saturated carbocycles. The van der Waals surface area contributed by atoms with Gasteiger partial charge in [0, 0.05) is 12.6 Å². The van der Waals surface area contributed by atoms with Gasteiger partial charge in [-0.3, -0.25) is 14.3 Å². The highest BCUT2D eigenvalue weighted by Gasteiger charge is 2.32. The molecule has 0 unspecified atom stereocenters. The number of ether oxygens (including phenoxy) is 1. The Bertz CT molecular complexity index is 1280. The molecule has 0 bridgehead atoms. The highest BCUT2D eigenvalue weighted by Crippen LogP contribution is 2.28. The van der Waals surface area contributed by atoms with Gasteiger partial charge in [-0.2, -0.15) is 5.26 Å². The smallest absolute Gasteiger partial charge is 0.405 e. The van der Waals surface area contributed by atoms with Crippen molar-refractivity contribution in [3.8, 4) is 17.5 Å². The molecule has 0 fully saturated rings. The second kappa shape index (κ2) is 8.85. The van der Waals surface area contributed by atoms with E-state index in [1.165, 1.54) is 27.6 Å². The van der Waals surface area contributed by atoms with Crippen molar-refractivity contribution in [2.75, 3.05) is 5.32 Å². The summed E-state index contributed by atoms with van der Waals surface area (Å²) in [6.45, 7) is 1.61. The maximum Gasteiger partial charge on any atom is 0.573 e. The van der Waals surface area contributed by atoms with Crippen LogP contribution in [0.15, 0.2) is 65.0 Å². The summed E-state index contributed by atoms with van der Waals surface area (Å²) in [5.74, 6) is -1.51. The highest BCUT2D eigenvalue weighted by molar-refractivity contribution is 6.10. The third kappa shape index (κ3) is 4.73. The zero-order valence-corrected chi connectivity index (χ0v) is 17.0. The SMILES string of the molecule is Cc1c(NC(=O)/C(C#N)=C/c2ccccc2OC(F)(F)F)c(=O)n(-c2ccccc2)n1C. The molecule has 3 aromatic rings. The van der Waals surface area contributed by atoms with Crippen LogP contribution in [-0.2, 0) is 11.8 Å². The molecule has 7 nitrogen and oxygen atoms in total. The summed E-state index contributed by atoms with van der Waals surface area (Å²) in [5, 5.41) is 11.8. The minimum absolute atomic E-state index is 0.0534. The third-order valence-corrected chi connectivity index (χ3v) is 4.60. The Labute approximate surface area is 180 Å². The molecule has 0 aliphatic rings. The van der Waals surface area contributed by atoms with Gasteiger partial charge < -0.3 is 10.1 Å². The molecule has 10 heteroatoms. The van der Waals surface area contributed by atoms with E-state index in [-0.39, 0.29) is 11.3 Å². The summed E-state index contributed by atoms with van der Waals surface area (Å²) in [5.41, 5.74) is -0.215. The molecular weight excluding hydrogens is 425 g/mol. The van der Waals surface area contributed by atoms with Crippen LogP contribution in [0.5, 0.6) is 5.75 Å². The van der Waals surface area contributed by atoms with Crippen LogP contribution in [0.25, 0.3) is 11.8 Å². The van der Waals surface area contributed by atoms with E-state index in [9.17, 15) is 28.0 Å². The maximum absolute atomic E-state index is 12.9. The highest BCUT2D eigenvalue weighted by atomic mass is 19.4. The molecule has 0 aliphatic carbocycles. The fourth-order valence-corrected chi connectivity index (χ4v) is 3.01. The van der Waals surface area contributed by atoms with Crippen molar-refractivity contribution in [3.05, 3.63) is 81.8 Å². The van der Waals surface area contributed by atoms with Gasteiger partial charge in [0.25, 0.3) is 11.5 Å². The summed E-state index contributed by atoms with van der Waals surface area (Å²) in [6.07, 6.45) is -3.98. The quantitative estimate of drug-likeness (QED) is 0.479. The fraction of sp³-hybridized carbons (Fsp3) is 0.136. The van der Waals surface area contributed by atoms with Gasteiger partial charge in [0.05, 0.1) is 11.4 Å². The standard InChI is InChI=1S/C22H17F3N4O3/c1-14-19(21(31)29(28(14)2)17-9-4-3-5-10-17)27-20(30)16(13-26)12-15-8-6-7-11-18(15)32-22(23,24)25/h3-12H,1-2H3,(H,27,30)/b16-12+. The van der Waals surface area contributed by atoms with Crippen LogP contribution in [-0.4, -0.2) is 21.6 Å². The number of hydrogen-bond donors (Lipinski definition) is 1. The number of amides is 1. The number of hydrogen-bond acceptors (Lipinski definition) is 4. The van der Waals surface area contributed by atoms with Gasteiger partial charge in [-0.15, -0.1) is 13.2 Å². The van der Waals surface area contributed by atoms with E-state index in [2.05, 4.69) is 10.1 Å². The van der Waals surface area contributed by atoms with Gasteiger partial charge in [-0.1, -0.05) is 36.4 Å². The molecule has 164 valence electrons. The van der Waals surface area contributed by atoms with Crippen molar-refractivity contribution < 1.29 is 22.7 Å². The van der Waals surface area contributed by atoms with Gasteiger partial charge in [0.15, 0.2) is 0 Å². The average molecular weight is 442 g/mol. The van der Waals surface area contributed by atoms with Gasteiger partial charge in [-0.25, -0.2) is 4.68 Å². The van der Waals surface area contributed by atoms with Crippen LogP contribution in [0.2, 0.25) is 0 Å². The summed E-state index contributed by atoms with van der Waals surface area (Å²) in [4.78, 5) is 25.6. The monoisotopic (exact) mass is 442 g/mol. The second-order valence-corrected chi connectivity index (χ2v) is 6.65. The Morgan fingerprint density at radius 1 is 1.12 bits per heavy atom. The summed E-state index contributed by atoms with van der Waals surface area (Å²) < 4.78 is 44.7. The first-order valence-corrected chi connectivity index (χ1v) is 9.24. The Morgan fingerprint density at radius 2 is 1.75 bits per heavy atom. The van der Waals surface area contributed by atoms with Crippen LogP contribution in [0.3, 0.4) is 0 Å². The van der Waals surface area contributed by atoms with E-state index < -0.39 is 29.2 Å². The van der Waals surface area contributed by atoms with E-state index in [1.54, 1.807) is 50.4 Å². The number of nitrogens with one attached hydrogen (secondary N) is 1. The molecule has 0 aliphatic heterocycles. The van der Waals surface area contributed by atoms with E-state index in [1.807, 2.05) is 0 Å². The van der Waals surface area contributed by atoms with Crippen molar-refractivity contribution in [3.63, 3.8) is 0 Å². The zero-order valence-electron chi connectivity index (χ0n) is 17.0. The molecular formula is C22H17F3N4O3. The molecule has 0 spiro atoms. The Morgan fingerprint density at radius 3 is 2.38 bits per heavy atom. The number of nitrogens with zero attached hydrogens (tertiary/aromatic N) is 3. The van der Waals surface area contributed by atoms with Crippen LogP contribution in [0.1, 0.15) is 11.3 Å². The lowest BCUT2D eigenvalue weighted by atomic mass is 10.1. The number of anilines is 1. The lowest BCUT2D eigenvalue weighted by molar-refractivity contribution is -0.274. The molecule has 1 N–H and O–H groups in total. The Hall–Kier alpha value is -4.26. The van der Waals surface area contributed by atoms with Crippen molar-refractivity contribution >= 4 is 17.7 Å². The number of halogens is 3. The number of para-hydroxylation sites is 2. The van der Waals surface area contributed by atoms with E-state index in [4.69, 9.17) is 0 Å². The number of carbonyl (C=O) groups is 1. The molecule has 1 amide bonds. The van der Waals surface area contributed by atoms with Crippen LogP contribution in [0, 0.1) is 18.3 Å². The summed E-state index contributed by atoms with van der Waals surface area (Å²) >= 11 is 0. The average Bonchev–Trinajstić information content (AvgIpc) is 2.95. The van der Waals surface area contributed by atoms with Crippen LogP contribution in [0.4, 0.5) is 18.9 Å². The Kier molecular flexibility index (Phi) is 6.20. The summed E-state index contributed by atoms with van der Waals surface area (Å²) in [7, 11) is 1.63. The van der Waals surface area contributed by atoms with E-state index in [0.717, 1.165) is 12.1 Å². The van der Waals surface area contributed by atoms with Crippen molar-refractivity contribution in [2.45, 2.75) is 13.3 Å². The number of benzene rings is 2. The number of carbonyl (C=O) groups excluding carboxylic acids is 1. The minimum Gasteiger partial charge on any atom is -0.405 e. The molecule has 32 heavy (non-hydrogen) atoms. The third-order valence-electron chi connectivity index (χ3n) is 4.60. The molecule has 1 aromatic heterocycles. The van der Waals surface area contributed by atoms with Crippen molar-refractivity contribution in [2.24, 2.45) is 7.05 Å². The molecule has 3 rings (SSSR count). The predicted octanol–water partition coefficient (Wildman–Crippen LogP) is 3.93. The van der Waals surface area contributed by atoms with Crippen molar-refractivity contribution in [1.29, 1.82) is 5.26 Å². The predicted molar refractivity (Wildman–Crippen MR) is 111 cm³/mol. The molecule has 0 radical (unpaired) electrons. The summed E-state index contributed by atoms with van der Waals surface area (Å²) in [6, 6.07) is 15.4. The number of alkyl halides is 3. The topological polar surface area (TPSA) is 89.1 Å². The van der Waals surface area contributed by atoms with Crippen molar-refractivity contribution in [1.82, 2.24) is 9.36 Å². The number of rotatable bonds is 5. The molecule has 2 aromatic carbocycles. The number of nitriles is 1.